The van der Waals surface area contributed by atoms with Crippen LogP contribution < -0.4 is 0 Å². The molecule has 2 aromatic heterocycles. The number of fused-ring (bicyclic) bond motifs is 3. The number of hydrogen-bond donors (Lipinski definition) is 0. The fourth-order valence-corrected chi connectivity index (χ4v) is 5.05. The minimum absolute atomic E-state index is 0.0877. The number of methoxy groups -OCH3 is 1. The van der Waals surface area contributed by atoms with Crippen molar-refractivity contribution in [1.82, 2.24) is 14.8 Å². The van der Waals surface area contributed by atoms with Crippen molar-refractivity contribution < 1.29 is 4.74 Å². The molecule has 1 aliphatic heterocycles. The maximum absolute atomic E-state index is 5.37. The van der Waals surface area contributed by atoms with Crippen LogP contribution in [0.4, 0.5) is 0 Å². The minimum Gasteiger partial charge on any atom is -0.385 e. The van der Waals surface area contributed by atoms with Gasteiger partial charge in [-0.05, 0) is 37.8 Å². The van der Waals surface area contributed by atoms with Crippen molar-refractivity contribution in [2.24, 2.45) is 4.99 Å². The number of rotatable bonds is 5. The summed E-state index contributed by atoms with van der Waals surface area (Å²) in [6.45, 7) is 11.5. The van der Waals surface area contributed by atoms with Crippen LogP contribution in [-0.2, 0) is 4.74 Å². The molecule has 0 N–H and O–H groups in total. The minimum atomic E-state index is -0.0877. The average Bonchev–Trinajstić information content (AvgIpc) is 3.17. The molecule has 1 atom stereocenters. The van der Waals surface area contributed by atoms with Gasteiger partial charge in [-0.15, -0.1) is 21.5 Å². The summed E-state index contributed by atoms with van der Waals surface area (Å²) >= 11 is 1.79. The highest BCUT2D eigenvalue weighted by atomic mass is 32.1. The van der Waals surface area contributed by atoms with Crippen LogP contribution in [0.1, 0.15) is 71.0 Å². The molecule has 0 unspecified atom stereocenters. The van der Waals surface area contributed by atoms with Gasteiger partial charge in [0.2, 0.25) is 0 Å². The molecule has 0 fully saturated rings. The van der Waals surface area contributed by atoms with E-state index >= 15 is 0 Å². The molecule has 0 bridgehead atoms. The Bertz CT molecular complexity index is 1060. The lowest BCUT2D eigenvalue weighted by Crippen LogP contribution is -2.09. The van der Waals surface area contributed by atoms with Crippen LogP contribution in [-0.4, -0.2) is 34.2 Å². The van der Waals surface area contributed by atoms with Gasteiger partial charge in [0.1, 0.15) is 16.9 Å². The van der Waals surface area contributed by atoms with Crippen molar-refractivity contribution in [2.45, 2.75) is 53.0 Å². The van der Waals surface area contributed by atoms with Crippen LogP contribution in [0.25, 0.3) is 5.00 Å². The van der Waals surface area contributed by atoms with E-state index in [0.29, 0.717) is 12.5 Å². The van der Waals surface area contributed by atoms with Gasteiger partial charge in [-0.1, -0.05) is 38.1 Å². The molecule has 3 aromatic rings. The van der Waals surface area contributed by atoms with Crippen molar-refractivity contribution in [3.8, 4) is 5.00 Å². The third-order valence-electron chi connectivity index (χ3n) is 5.69. The quantitative estimate of drug-likeness (QED) is 0.575. The second kappa shape index (κ2) is 7.84. The fraction of sp³-hybridized carbons (Fsp3) is 0.435. The van der Waals surface area contributed by atoms with E-state index in [1.54, 1.807) is 18.4 Å². The van der Waals surface area contributed by atoms with E-state index in [0.717, 1.165) is 29.3 Å². The molecule has 3 heterocycles. The summed E-state index contributed by atoms with van der Waals surface area (Å²) in [7, 11) is 1.73. The molecule has 0 spiro atoms. The van der Waals surface area contributed by atoms with E-state index in [-0.39, 0.29) is 6.04 Å². The molecule has 0 amide bonds. The summed E-state index contributed by atoms with van der Waals surface area (Å²) in [6.07, 6.45) is 0.773. The number of ether oxygens (including phenoxy) is 1. The van der Waals surface area contributed by atoms with Crippen LogP contribution in [0.5, 0.6) is 0 Å². The van der Waals surface area contributed by atoms with Gasteiger partial charge in [0.25, 0.3) is 0 Å². The standard InChI is InChI=1S/C23H28N4OS/c1-13(2)17-7-9-18(10-8-17)21-20-14(3)15(4)29-23(20)27-16(5)25-26-22(27)19(24-21)11-12-28-6/h7-10,13,19H,11-12H2,1-6H3/t19-/m0/s1. The Morgan fingerprint density at radius 2 is 1.83 bits per heavy atom. The first-order valence-electron chi connectivity index (χ1n) is 10.1. The largest absolute Gasteiger partial charge is 0.385 e. The van der Waals surface area contributed by atoms with E-state index in [2.05, 4.69) is 66.7 Å². The van der Waals surface area contributed by atoms with E-state index < -0.39 is 0 Å². The second-order valence-electron chi connectivity index (χ2n) is 7.96. The summed E-state index contributed by atoms with van der Waals surface area (Å²) in [6, 6.07) is 8.76. The SMILES string of the molecule is COCC[C@@H]1N=C(c2ccc(C(C)C)cc2)c2c(sc(C)c2C)-n2c(C)nnc21. The average molecular weight is 409 g/mol. The Hall–Kier alpha value is -2.31. The Morgan fingerprint density at radius 3 is 2.48 bits per heavy atom. The van der Waals surface area contributed by atoms with Crippen molar-refractivity contribution in [3.05, 3.63) is 63.0 Å². The second-order valence-corrected chi connectivity index (χ2v) is 9.16. The zero-order valence-corrected chi connectivity index (χ0v) is 18.8. The predicted molar refractivity (Wildman–Crippen MR) is 119 cm³/mol. The number of aliphatic imine (C=N–C) groups is 1. The lowest BCUT2D eigenvalue weighted by molar-refractivity contribution is 0.187. The maximum Gasteiger partial charge on any atom is 0.163 e. The molecule has 0 saturated heterocycles. The molecular formula is C23H28N4OS. The first-order chi connectivity index (χ1) is 13.9. The van der Waals surface area contributed by atoms with Crippen molar-refractivity contribution >= 4 is 17.0 Å². The van der Waals surface area contributed by atoms with Crippen LogP contribution in [0.2, 0.25) is 0 Å². The fourth-order valence-electron chi connectivity index (χ4n) is 3.84. The lowest BCUT2D eigenvalue weighted by Gasteiger charge is -2.13. The molecule has 6 heteroatoms. The zero-order chi connectivity index (χ0) is 20.7. The molecule has 0 radical (unpaired) electrons. The van der Waals surface area contributed by atoms with E-state index in [1.807, 2.05) is 6.92 Å². The van der Waals surface area contributed by atoms with Crippen LogP contribution in [0.15, 0.2) is 29.3 Å². The summed E-state index contributed by atoms with van der Waals surface area (Å²) in [5.41, 5.74) is 6.01. The van der Waals surface area contributed by atoms with Crippen LogP contribution >= 0.6 is 11.3 Å². The number of thiophene rings is 1. The first-order valence-corrected chi connectivity index (χ1v) is 10.9. The van der Waals surface area contributed by atoms with Gasteiger partial charge in [0.15, 0.2) is 5.82 Å². The molecule has 1 aromatic carbocycles. The number of aryl methyl sites for hydroxylation is 2. The first kappa shape index (κ1) is 20.0. The Morgan fingerprint density at radius 1 is 1.10 bits per heavy atom. The Kier molecular flexibility index (Phi) is 5.40. The monoisotopic (exact) mass is 408 g/mol. The number of nitrogens with zero attached hydrogens (tertiary/aromatic N) is 4. The Balaban J connectivity index is 1.94. The highest BCUT2D eigenvalue weighted by Gasteiger charge is 2.31. The molecule has 0 saturated carbocycles. The van der Waals surface area contributed by atoms with Crippen molar-refractivity contribution in [2.75, 3.05) is 13.7 Å². The van der Waals surface area contributed by atoms with Gasteiger partial charge >= 0.3 is 0 Å². The van der Waals surface area contributed by atoms with Gasteiger partial charge < -0.3 is 4.74 Å². The lowest BCUT2D eigenvalue weighted by atomic mass is 9.96. The van der Waals surface area contributed by atoms with Gasteiger partial charge in [-0.3, -0.25) is 9.56 Å². The smallest absolute Gasteiger partial charge is 0.163 e. The third kappa shape index (κ3) is 3.45. The van der Waals surface area contributed by atoms with E-state index in [1.165, 1.54) is 26.6 Å². The zero-order valence-electron chi connectivity index (χ0n) is 18.0. The summed E-state index contributed by atoms with van der Waals surface area (Å²) in [5, 5.41) is 10.1. The molecule has 29 heavy (non-hydrogen) atoms. The molecule has 0 aliphatic carbocycles. The van der Waals surface area contributed by atoms with Crippen LogP contribution in [0.3, 0.4) is 0 Å². The van der Waals surface area contributed by atoms with E-state index in [4.69, 9.17) is 9.73 Å². The molecule has 4 rings (SSSR count). The maximum atomic E-state index is 5.37. The molecule has 1 aliphatic rings. The normalized spacial score (nSPS) is 15.8. The van der Waals surface area contributed by atoms with Crippen molar-refractivity contribution in [1.29, 1.82) is 0 Å². The summed E-state index contributed by atoms with van der Waals surface area (Å²) in [5.74, 6) is 2.31. The molecular weight excluding hydrogens is 380 g/mol. The highest BCUT2D eigenvalue weighted by Crippen LogP contribution is 2.39. The number of benzene rings is 1. The molecule has 5 nitrogen and oxygen atoms in total. The molecule has 152 valence electrons. The predicted octanol–water partition coefficient (Wildman–Crippen LogP) is 5.31. The number of aromatic nitrogens is 3. The Labute approximate surface area is 176 Å². The van der Waals surface area contributed by atoms with Crippen molar-refractivity contribution in [3.63, 3.8) is 0 Å². The van der Waals surface area contributed by atoms with Crippen LogP contribution in [0, 0.1) is 20.8 Å². The summed E-state index contributed by atoms with van der Waals surface area (Å²) in [4.78, 5) is 6.55. The summed E-state index contributed by atoms with van der Waals surface area (Å²) < 4.78 is 7.56. The third-order valence-corrected chi connectivity index (χ3v) is 6.88. The topological polar surface area (TPSA) is 52.3 Å². The number of hydrogen-bond acceptors (Lipinski definition) is 5. The van der Waals surface area contributed by atoms with Gasteiger partial charge in [-0.2, -0.15) is 0 Å². The van der Waals surface area contributed by atoms with E-state index in [9.17, 15) is 0 Å². The van der Waals surface area contributed by atoms with Gasteiger partial charge in [-0.25, -0.2) is 0 Å². The van der Waals surface area contributed by atoms with Gasteiger partial charge in [0, 0.05) is 36.1 Å². The highest BCUT2D eigenvalue weighted by molar-refractivity contribution is 7.15. The van der Waals surface area contributed by atoms with Gasteiger partial charge in [0.05, 0.1) is 5.71 Å².